The van der Waals surface area contributed by atoms with Crippen LogP contribution in [0.3, 0.4) is 0 Å². The summed E-state index contributed by atoms with van der Waals surface area (Å²) in [4.78, 5) is 13.7. The summed E-state index contributed by atoms with van der Waals surface area (Å²) in [5, 5.41) is 15.2. The van der Waals surface area contributed by atoms with Crippen molar-refractivity contribution < 1.29 is 21.9 Å². The number of H-pyrrole nitrogens is 1. The van der Waals surface area contributed by atoms with E-state index >= 15 is 0 Å². The second-order valence-corrected chi connectivity index (χ2v) is 5.48. The molecule has 0 saturated heterocycles. The molecule has 0 aliphatic carbocycles. The lowest BCUT2D eigenvalue weighted by Gasteiger charge is -2.06. The maximum Gasteiger partial charge on any atom is 0.269 e. The number of non-ortho nitro benzene ring substituents is 1. The molecule has 1 heterocycles. The van der Waals surface area contributed by atoms with Crippen molar-refractivity contribution in [3.63, 3.8) is 0 Å². The minimum absolute atomic E-state index is 0. The number of benzene rings is 2. The van der Waals surface area contributed by atoms with Crippen molar-refractivity contribution in [2.24, 2.45) is 0 Å². The number of aromatic amines is 1. The highest BCUT2D eigenvalue weighted by Crippen LogP contribution is 2.30. The standard InChI is InChI=1S/C17H16N4O2.ClH/c1-20(2)11-16-17(14-5-3-4-6-15(14)19-16)18-12-7-9-13(10-8-12)21(22)23;/h3-11H,1-2H3,(H,18,19);1H. The predicted octanol–water partition coefficient (Wildman–Crippen LogP) is 0.515. The fraction of sp³-hybridized carbons (Fsp3) is 0.118. The number of nitrogens with zero attached hydrogens (tertiary/aromatic N) is 2. The molecule has 0 aliphatic rings. The number of halogens is 1. The van der Waals surface area contributed by atoms with Gasteiger partial charge in [-0.15, -0.1) is 0 Å². The topological polar surface area (TPSA) is 74.0 Å². The van der Waals surface area contributed by atoms with Crippen molar-refractivity contribution in [3.05, 3.63) is 64.3 Å². The Hall–Kier alpha value is -2.86. The molecular formula is C17H17ClN4O2. The molecular weight excluding hydrogens is 328 g/mol. The number of hydrogen-bond acceptors (Lipinski definition) is 3. The molecule has 6 nitrogen and oxygen atoms in total. The van der Waals surface area contributed by atoms with E-state index in [0.29, 0.717) is 0 Å². The highest BCUT2D eigenvalue weighted by molar-refractivity contribution is 6.03. The predicted molar refractivity (Wildman–Crippen MR) is 92.0 cm³/mol. The van der Waals surface area contributed by atoms with E-state index in [1.807, 2.05) is 49.2 Å². The van der Waals surface area contributed by atoms with E-state index in [0.717, 1.165) is 28.0 Å². The highest BCUT2D eigenvalue weighted by atomic mass is 35.5. The molecule has 2 N–H and O–H groups in total. The van der Waals surface area contributed by atoms with E-state index in [9.17, 15) is 10.1 Å². The average Bonchev–Trinajstić information content (AvgIpc) is 2.85. The van der Waals surface area contributed by atoms with Crippen molar-refractivity contribution in [2.75, 3.05) is 19.4 Å². The zero-order valence-corrected chi connectivity index (χ0v) is 14.0. The molecule has 124 valence electrons. The second-order valence-electron chi connectivity index (χ2n) is 5.48. The summed E-state index contributed by atoms with van der Waals surface area (Å²) in [6, 6.07) is 14.4. The van der Waals surface area contributed by atoms with E-state index in [4.69, 9.17) is 0 Å². The van der Waals surface area contributed by atoms with Crippen molar-refractivity contribution >= 4 is 34.2 Å². The van der Waals surface area contributed by atoms with Gasteiger partial charge in [-0.1, -0.05) is 18.2 Å². The van der Waals surface area contributed by atoms with Crippen LogP contribution in [0, 0.1) is 10.1 Å². The number of para-hydroxylation sites is 1. The smallest absolute Gasteiger partial charge is 0.269 e. The second kappa shape index (κ2) is 7.14. The van der Waals surface area contributed by atoms with Gasteiger partial charge in [-0.05, 0) is 18.2 Å². The van der Waals surface area contributed by atoms with Crippen LogP contribution >= 0.6 is 0 Å². The van der Waals surface area contributed by atoms with E-state index in [1.54, 1.807) is 12.1 Å². The van der Waals surface area contributed by atoms with Crippen LogP contribution in [0.25, 0.3) is 10.9 Å². The molecule has 0 saturated carbocycles. The van der Waals surface area contributed by atoms with Crippen LogP contribution in [-0.4, -0.2) is 34.8 Å². The fourth-order valence-electron chi connectivity index (χ4n) is 2.46. The lowest BCUT2D eigenvalue weighted by molar-refractivity contribution is -0.458. The number of nitro groups is 1. The van der Waals surface area contributed by atoms with Crippen molar-refractivity contribution in [3.8, 4) is 0 Å². The third kappa shape index (κ3) is 3.55. The SMILES string of the molecule is C[N+](C)=Cc1[nH]c2ccccc2c1Nc1ccc([N+](=O)[O-])cc1.[Cl-]. The Morgan fingerprint density at radius 2 is 1.75 bits per heavy atom. The van der Waals surface area contributed by atoms with Gasteiger partial charge in [-0.3, -0.25) is 10.1 Å². The first-order valence-corrected chi connectivity index (χ1v) is 7.18. The summed E-state index contributed by atoms with van der Waals surface area (Å²) in [5.74, 6) is 0. The lowest BCUT2D eigenvalue weighted by Crippen LogP contribution is -3.00. The van der Waals surface area contributed by atoms with Crippen molar-refractivity contribution in [1.29, 1.82) is 0 Å². The Kier molecular flexibility index (Phi) is 5.21. The molecule has 3 aromatic rings. The molecule has 3 rings (SSSR count). The molecule has 7 heteroatoms. The van der Waals surface area contributed by atoms with Gasteiger partial charge in [0.2, 0.25) is 0 Å². The van der Waals surface area contributed by atoms with Gasteiger partial charge in [0.1, 0.15) is 19.8 Å². The van der Waals surface area contributed by atoms with Gasteiger partial charge in [0, 0.05) is 28.7 Å². The van der Waals surface area contributed by atoms with Gasteiger partial charge in [-0.2, -0.15) is 0 Å². The summed E-state index contributed by atoms with van der Waals surface area (Å²) >= 11 is 0. The maximum atomic E-state index is 10.7. The Morgan fingerprint density at radius 1 is 1.08 bits per heavy atom. The summed E-state index contributed by atoms with van der Waals surface area (Å²) in [6.07, 6.45) is 1.99. The number of nitro benzene ring substituents is 1. The number of anilines is 2. The third-order valence-corrected chi connectivity index (χ3v) is 3.47. The molecule has 0 unspecified atom stereocenters. The molecule has 0 fully saturated rings. The Bertz CT molecular complexity index is 897. The number of rotatable bonds is 4. The Labute approximate surface area is 145 Å². The molecule has 0 bridgehead atoms. The van der Waals surface area contributed by atoms with Gasteiger partial charge >= 0.3 is 0 Å². The Morgan fingerprint density at radius 3 is 2.38 bits per heavy atom. The number of aromatic nitrogens is 1. The quantitative estimate of drug-likeness (QED) is 0.313. The fourth-order valence-corrected chi connectivity index (χ4v) is 2.46. The highest BCUT2D eigenvalue weighted by Gasteiger charge is 2.13. The third-order valence-electron chi connectivity index (χ3n) is 3.47. The molecule has 24 heavy (non-hydrogen) atoms. The summed E-state index contributed by atoms with van der Waals surface area (Å²) in [7, 11) is 3.92. The average molecular weight is 345 g/mol. The van der Waals surface area contributed by atoms with Crippen LogP contribution in [0.2, 0.25) is 0 Å². The van der Waals surface area contributed by atoms with Crippen molar-refractivity contribution in [1.82, 2.24) is 4.98 Å². The summed E-state index contributed by atoms with van der Waals surface area (Å²) in [6.45, 7) is 0. The van der Waals surface area contributed by atoms with E-state index in [1.165, 1.54) is 12.1 Å². The molecule has 0 amide bonds. The molecule has 0 atom stereocenters. The zero-order valence-electron chi connectivity index (χ0n) is 13.3. The van der Waals surface area contributed by atoms with Crippen LogP contribution in [0.5, 0.6) is 0 Å². The van der Waals surface area contributed by atoms with Crippen LogP contribution in [-0.2, 0) is 0 Å². The molecule has 0 aliphatic heterocycles. The molecule has 0 radical (unpaired) electrons. The van der Waals surface area contributed by atoms with Crippen molar-refractivity contribution in [2.45, 2.75) is 0 Å². The van der Waals surface area contributed by atoms with Crippen LogP contribution in [0.15, 0.2) is 48.5 Å². The Balaban J connectivity index is 0.00000208. The first-order valence-electron chi connectivity index (χ1n) is 7.18. The minimum atomic E-state index is -0.402. The monoisotopic (exact) mass is 344 g/mol. The lowest BCUT2D eigenvalue weighted by atomic mass is 10.2. The van der Waals surface area contributed by atoms with Crippen LogP contribution in [0.1, 0.15) is 5.69 Å². The first kappa shape index (κ1) is 17.5. The van der Waals surface area contributed by atoms with Gasteiger partial charge < -0.3 is 22.7 Å². The minimum Gasteiger partial charge on any atom is -1.00 e. The van der Waals surface area contributed by atoms with E-state index in [-0.39, 0.29) is 18.1 Å². The summed E-state index contributed by atoms with van der Waals surface area (Å²) in [5.41, 5.74) is 3.81. The number of nitrogens with one attached hydrogen (secondary N) is 2. The van der Waals surface area contributed by atoms with Gasteiger partial charge in [0.25, 0.3) is 5.69 Å². The number of hydrogen-bond donors (Lipinski definition) is 2. The molecule has 2 aromatic carbocycles. The normalized spacial score (nSPS) is 10.1. The molecule has 0 spiro atoms. The van der Waals surface area contributed by atoms with Crippen LogP contribution in [0.4, 0.5) is 17.1 Å². The number of fused-ring (bicyclic) bond motifs is 1. The van der Waals surface area contributed by atoms with Gasteiger partial charge in [0.05, 0.1) is 10.6 Å². The largest absolute Gasteiger partial charge is 1.00 e. The maximum absolute atomic E-state index is 10.7. The van der Waals surface area contributed by atoms with Crippen LogP contribution < -0.4 is 17.7 Å². The van der Waals surface area contributed by atoms with Gasteiger partial charge in [-0.25, -0.2) is 4.58 Å². The van der Waals surface area contributed by atoms with E-state index in [2.05, 4.69) is 10.3 Å². The summed E-state index contributed by atoms with van der Waals surface area (Å²) < 4.78 is 1.96. The van der Waals surface area contributed by atoms with E-state index < -0.39 is 4.92 Å². The van der Waals surface area contributed by atoms with Gasteiger partial charge in [0.15, 0.2) is 6.21 Å². The first-order chi connectivity index (χ1) is 11.0. The zero-order chi connectivity index (χ0) is 16.4. The molecule has 1 aromatic heterocycles.